The third kappa shape index (κ3) is 0.770. The third-order valence-corrected chi connectivity index (χ3v) is 7.98. The Hall–Kier alpha value is -0.860. The molecule has 4 heteroatoms. The molecule has 0 heterocycles. The molecule has 102 valence electrons. The molecule has 3 fully saturated rings. The fraction of sp³-hybridized carbons (Fsp3) is 0.500. The smallest absolute Gasteiger partial charge is 0.187 e. The van der Waals surface area contributed by atoms with Crippen molar-refractivity contribution in [3.05, 3.63) is 35.4 Å². The summed E-state index contributed by atoms with van der Waals surface area (Å²) in [6.07, 6.45) is 3.69. The van der Waals surface area contributed by atoms with Gasteiger partial charge in [0.1, 0.15) is 9.75 Å². The predicted octanol–water partition coefficient (Wildman–Crippen LogP) is 3.59. The first-order chi connectivity index (χ1) is 9.46. The number of fused-ring (bicyclic) bond motifs is 5. The maximum Gasteiger partial charge on any atom is 0.187 e. The molecular formula is C16H12Cl2O2. The molecule has 4 aliphatic carbocycles. The van der Waals surface area contributed by atoms with E-state index in [1.807, 2.05) is 0 Å². The Labute approximate surface area is 126 Å². The van der Waals surface area contributed by atoms with Gasteiger partial charge in [0.15, 0.2) is 11.6 Å². The summed E-state index contributed by atoms with van der Waals surface area (Å²) in [5.74, 6) is -0.279. The Morgan fingerprint density at radius 3 is 1.40 bits per heavy atom. The highest BCUT2D eigenvalue weighted by Gasteiger charge is 2.98. The van der Waals surface area contributed by atoms with Crippen molar-refractivity contribution in [2.75, 3.05) is 0 Å². The van der Waals surface area contributed by atoms with Crippen molar-refractivity contribution in [2.45, 2.75) is 35.4 Å². The van der Waals surface area contributed by atoms with Crippen LogP contribution in [0, 0.1) is 10.8 Å². The van der Waals surface area contributed by atoms with Gasteiger partial charge in [0.25, 0.3) is 0 Å². The molecule has 0 aliphatic heterocycles. The molecule has 4 aliphatic rings. The lowest BCUT2D eigenvalue weighted by Gasteiger charge is -2.65. The summed E-state index contributed by atoms with van der Waals surface area (Å²) >= 11 is 13.6. The highest BCUT2D eigenvalue weighted by Crippen LogP contribution is 2.93. The fourth-order valence-electron chi connectivity index (χ4n) is 5.15. The summed E-state index contributed by atoms with van der Waals surface area (Å²) in [5.41, 5.74) is 0.462. The van der Waals surface area contributed by atoms with Gasteiger partial charge < -0.3 is 0 Å². The Morgan fingerprint density at radius 2 is 1.10 bits per heavy atom. The second-order valence-corrected chi connectivity index (χ2v) is 7.82. The van der Waals surface area contributed by atoms with Gasteiger partial charge in [-0.2, -0.15) is 0 Å². The van der Waals surface area contributed by atoms with Crippen LogP contribution in [0.2, 0.25) is 0 Å². The van der Waals surface area contributed by atoms with E-state index in [2.05, 4.69) is 0 Å². The van der Waals surface area contributed by atoms with Crippen LogP contribution in [0.4, 0.5) is 0 Å². The van der Waals surface area contributed by atoms with Gasteiger partial charge in [-0.25, -0.2) is 0 Å². The zero-order chi connectivity index (χ0) is 14.0. The van der Waals surface area contributed by atoms with E-state index in [0.29, 0.717) is 11.1 Å². The summed E-state index contributed by atoms with van der Waals surface area (Å²) in [6, 6.07) is 6.95. The second kappa shape index (κ2) is 2.86. The number of hydrogen-bond acceptors (Lipinski definition) is 2. The average molecular weight is 307 g/mol. The summed E-state index contributed by atoms with van der Waals surface area (Å²) < 4.78 is 0. The Kier molecular flexibility index (Phi) is 1.68. The zero-order valence-corrected chi connectivity index (χ0v) is 12.2. The lowest BCUT2D eigenvalue weighted by molar-refractivity contribution is -0.00488. The van der Waals surface area contributed by atoms with E-state index >= 15 is 0 Å². The number of Topliss-reactive ketones (excluding diaryl/α,β-unsaturated/α-hetero) is 2. The Balaban J connectivity index is 1.85. The fourth-order valence-corrected chi connectivity index (χ4v) is 6.63. The zero-order valence-electron chi connectivity index (χ0n) is 10.7. The number of carbonyl (C=O) groups excluding carboxylic acids is 2. The molecule has 0 radical (unpaired) electrons. The third-order valence-electron chi connectivity index (χ3n) is 6.25. The van der Waals surface area contributed by atoms with E-state index in [0.717, 1.165) is 25.7 Å². The van der Waals surface area contributed by atoms with Gasteiger partial charge in [0, 0.05) is 22.0 Å². The van der Waals surface area contributed by atoms with Crippen molar-refractivity contribution in [2.24, 2.45) is 10.8 Å². The first kappa shape index (κ1) is 11.8. The maximum atomic E-state index is 13.0. The van der Waals surface area contributed by atoms with Gasteiger partial charge in [0.2, 0.25) is 0 Å². The van der Waals surface area contributed by atoms with Crippen LogP contribution in [-0.4, -0.2) is 21.3 Å². The van der Waals surface area contributed by atoms with Crippen LogP contribution in [0.5, 0.6) is 0 Å². The van der Waals surface area contributed by atoms with Crippen LogP contribution in [-0.2, 0) is 0 Å². The van der Waals surface area contributed by atoms with E-state index in [1.54, 1.807) is 24.3 Å². The SMILES string of the molecule is O=C1c2ccccc2C(=O)[C@]2(Cl)C3(CC3)C3(CC3)[C@]12Cl. The van der Waals surface area contributed by atoms with Crippen molar-refractivity contribution >= 4 is 34.8 Å². The molecule has 0 saturated heterocycles. The number of benzene rings is 1. The van der Waals surface area contributed by atoms with Gasteiger partial charge >= 0.3 is 0 Å². The average Bonchev–Trinajstić information content (AvgIpc) is 3.33. The number of rotatable bonds is 0. The molecule has 0 amide bonds. The molecule has 0 unspecified atom stereocenters. The molecule has 3 saturated carbocycles. The predicted molar refractivity (Wildman–Crippen MR) is 75.6 cm³/mol. The summed E-state index contributed by atoms with van der Waals surface area (Å²) in [4.78, 5) is 23.5. The van der Waals surface area contributed by atoms with Crippen molar-refractivity contribution in [3.8, 4) is 0 Å². The minimum absolute atomic E-state index is 0.139. The van der Waals surface area contributed by atoms with E-state index in [4.69, 9.17) is 23.2 Å². The molecule has 0 aromatic heterocycles. The first-order valence-corrected chi connectivity index (χ1v) is 7.78. The number of ketones is 2. The number of hydrogen-bond donors (Lipinski definition) is 0. The lowest BCUT2D eigenvalue weighted by Crippen LogP contribution is -2.81. The molecule has 1 aromatic carbocycles. The normalized spacial score (nSPS) is 41.1. The molecule has 0 bridgehead atoms. The maximum absolute atomic E-state index is 13.0. The van der Waals surface area contributed by atoms with E-state index in [9.17, 15) is 9.59 Å². The monoisotopic (exact) mass is 306 g/mol. The summed E-state index contributed by atoms with van der Waals surface area (Å²) in [6.45, 7) is 0. The molecule has 2 spiro atoms. The molecule has 2 nitrogen and oxygen atoms in total. The second-order valence-electron chi connectivity index (χ2n) is 6.68. The highest BCUT2D eigenvalue weighted by molar-refractivity contribution is 6.57. The Morgan fingerprint density at radius 1 is 0.750 bits per heavy atom. The molecule has 2 atom stereocenters. The topological polar surface area (TPSA) is 34.1 Å². The largest absolute Gasteiger partial charge is 0.292 e. The molecule has 1 aromatic rings. The van der Waals surface area contributed by atoms with Crippen LogP contribution in [0.1, 0.15) is 46.4 Å². The van der Waals surface area contributed by atoms with Crippen LogP contribution in [0.15, 0.2) is 24.3 Å². The van der Waals surface area contributed by atoms with E-state index < -0.39 is 9.75 Å². The molecule has 5 rings (SSSR count). The number of carbonyl (C=O) groups is 2. The van der Waals surface area contributed by atoms with Gasteiger partial charge in [-0.15, -0.1) is 23.2 Å². The standard InChI is InChI=1S/C16H12Cl2O2/c17-15-11(19)9-3-1-2-4-10(9)12(20)16(15,18)14(7-8-14)13(15)5-6-13/h1-4H,5-8H2/t15-,16+. The van der Waals surface area contributed by atoms with Gasteiger partial charge in [-0.3, -0.25) is 9.59 Å². The van der Waals surface area contributed by atoms with E-state index in [-0.39, 0.29) is 22.4 Å². The van der Waals surface area contributed by atoms with Crippen molar-refractivity contribution in [1.82, 2.24) is 0 Å². The minimum atomic E-state index is -1.22. The van der Waals surface area contributed by atoms with Gasteiger partial charge in [0.05, 0.1) is 0 Å². The van der Waals surface area contributed by atoms with Crippen LogP contribution >= 0.6 is 23.2 Å². The number of halogens is 2. The summed E-state index contributed by atoms with van der Waals surface area (Å²) in [5, 5.41) is 0. The van der Waals surface area contributed by atoms with Gasteiger partial charge in [-0.1, -0.05) is 24.3 Å². The van der Waals surface area contributed by atoms with Crippen LogP contribution in [0.3, 0.4) is 0 Å². The van der Waals surface area contributed by atoms with Crippen LogP contribution < -0.4 is 0 Å². The summed E-state index contributed by atoms with van der Waals surface area (Å²) in [7, 11) is 0. The van der Waals surface area contributed by atoms with Crippen LogP contribution in [0.25, 0.3) is 0 Å². The van der Waals surface area contributed by atoms with Crippen molar-refractivity contribution in [1.29, 1.82) is 0 Å². The molecule has 0 N–H and O–H groups in total. The quantitative estimate of drug-likeness (QED) is 0.686. The van der Waals surface area contributed by atoms with Crippen molar-refractivity contribution < 1.29 is 9.59 Å². The Bertz CT molecular complexity index is 656. The lowest BCUT2D eigenvalue weighted by atomic mass is 9.44. The van der Waals surface area contributed by atoms with E-state index in [1.165, 1.54) is 0 Å². The molecule has 20 heavy (non-hydrogen) atoms. The minimum Gasteiger partial charge on any atom is -0.292 e. The van der Waals surface area contributed by atoms with Crippen molar-refractivity contribution in [3.63, 3.8) is 0 Å². The van der Waals surface area contributed by atoms with Gasteiger partial charge in [-0.05, 0) is 25.7 Å². The number of alkyl halides is 2. The molecular weight excluding hydrogens is 295 g/mol. The first-order valence-electron chi connectivity index (χ1n) is 7.03. The highest BCUT2D eigenvalue weighted by atomic mass is 35.5.